The number of carbonyl (C=O) groups is 1. The van der Waals surface area contributed by atoms with Crippen LogP contribution in [0.2, 0.25) is 0 Å². The number of aromatic nitrogens is 2. The van der Waals surface area contributed by atoms with Crippen molar-refractivity contribution < 1.29 is 13.9 Å². The molecule has 0 aliphatic carbocycles. The molecule has 0 saturated carbocycles. The predicted molar refractivity (Wildman–Crippen MR) is 82.0 cm³/mol. The molecule has 0 saturated heterocycles. The van der Waals surface area contributed by atoms with Gasteiger partial charge in [0.15, 0.2) is 0 Å². The molecule has 1 aromatic heterocycles. The van der Waals surface area contributed by atoms with Gasteiger partial charge >= 0.3 is 0 Å². The molecule has 0 radical (unpaired) electrons. The standard InChI is InChI=1S/C16H20FN3O2/c1-11(2)22-9-3-8-18-16(21)15-10-14(19-20-15)12-4-6-13(17)7-5-12/h4-7,10-11H,3,8-9H2,1-2H3,(H,18,21)(H,19,20). The molecule has 0 aliphatic rings. The van der Waals surface area contributed by atoms with Gasteiger partial charge in [0.25, 0.3) is 5.91 Å². The Labute approximate surface area is 128 Å². The Kier molecular flexibility index (Phi) is 5.66. The van der Waals surface area contributed by atoms with Crippen molar-refractivity contribution in [1.29, 1.82) is 0 Å². The molecule has 2 N–H and O–H groups in total. The summed E-state index contributed by atoms with van der Waals surface area (Å²) in [6.07, 6.45) is 0.949. The van der Waals surface area contributed by atoms with Crippen molar-refractivity contribution in [3.05, 3.63) is 41.8 Å². The Morgan fingerprint density at radius 1 is 1.36 bits per heavy atom. The van der Waals surface area contributed by atoms with Crippen LogP contribution >= 0.6 is 0 Å². The van der Waals surface area contributed by atoms with E-state index in [0.29, 0.717) is 24.5 Å². The van der Waals surface area contributed by atoms with Crippen LogP contribution < -0.4 is 5.32 Å². The summed E-state index contributed by atoms with van der Waals surface area (Å²) in [6.45, 7) is 5.10. The SMILES string of the molecule is CC(C)OCCCNC(=O)c1cc(-c2ccc(F)cc2)n[nH]1. The maximum absolute atomic E-state index is 12.9. The zero-order valence-corrected chi connectivity index (χ0v) is 12.7. The monoisotopic (exact) mass is 305 g/mol. The maximum atomic E-state index is 12.9. The van der Waals surface area contributed by atoms with Gasteiger partial charge in [-0.1, -0.05) is 0 Å². The zero-order valence-electron chi connectivity index (χ0n) is 12.7. The molecular formula is C16H20FN3O2. The van der Waals surface area contributed by atoms with Crippen molar-refractivity contribution in [3.8, 4) is 11.3 Å². The highest BCUT2D eigenvalue weighted by atomic mass is 19.1. The van der Waals surface area contributed by atoms with Crippen molar-refractivity contribution in [2.75, 3.05) is 13.2 Å². The molecule has 1 amide bonds. The molecule has 0 aliphatic heterocycles. The molecule has 0 fully saturated rings. The molecule has 22 heavy (non-hydrogen) atoms. The number of rotatable bonds is 7. The zero-order chi connectivity index (χ0) is 15.9. The predicted octanol–water partition coefficient (Wildman–Crippen LogP) is 2.76. The molecule has 2 aromatic rings. The fourth-order valence-corrected chi connectivity index (χ4v) is 1.89. The number of ether oxygens (including phenoxy) is 1. The van der Waals surface area contributed by atoms with Gasteiger partial charge in [-0.05, 0) is 50.6 Å². The molecule has 5 nitrogen and oxygen atoms in total. The van der Waals surface area contributed by atoms with Gasteiger partial charge in [0.2, 0.25) is 0 Å². The average molecular weight is 305 g/mol. The summed E-state index contributed by atoms with van der Waals surface area (Å²) < 4.78 is 18.3. The lowest BCUT2D eigenvalue weighted by molar-refractivity contribution is 0.0756. The van der Waals surface area contributed by atoms with E-state index in [0.717, 1.165) is 12.0 Å². The van der Waals surface area contributed by atoms with Gasteiger partial charge in [-0.15, -0.1) is 0 Å². The number of hydrogen-bond acceptors (Lipinski definition) is 3. The normalized spacial score (nSPS) is 10.9. The minimum atomic E-state index is -0.305. The third-order valence-electron chi connectivity index (χ3n) is 3.02. The van der Waals surface area contributed by atoms with E-state index in [1.165, 1.54) is 12.1 Å². The molecule has 1 aromatic carbocycles. The first-order valence-electron chi connectivity index (χ1n) is 7.27. The van der Waals surface area contributed by atoms with Crippen molar-refractivity contribution >= 4 is 5.91 Å². The fourth-order valence-electron chi connectivity index (χ4n) is 1.89. The van der Waals surface area contributed by atoms with E-state index in [1.807, 2.05) is 13.8 Å². The second-order valence-corrected chi connectivity index (χ2v) is 5.20. The van der Waals surface area contributed by atoms with E-state index in [9.17, 15) is 9.18 Å². The summed E-state index contributed by atoms with van der Waals surface area (Å²) in [5.74, 6) is -0.522. The number of nitrogens with zero attached hydrogens (tertiary/aromatic N) is 1. The van der Waals surface area contributed by atoms with E-state index in [-0.39, 0.29) is 17.8 Å². The molecule has 0 atom stereocenters. The molecule has 0 bridgehead atoms. The highest BCUT2D eigenvalue weighted by Crippen LogP contribution is 2.17. The lowest BCUT2D eigenvalue weighted by Crippen LogP contribution is -2.25. The second kappa shape index (κ2) is 7.70. The van der Waals surface area contributed by atoms with Crippen LogP contribution in [0, 0.1) is 5.82 Å². The van der Waals surface area contributed by atoms with Gasteiger partial charge in [0, 0.05) is 18.7 Å². The Balaban J connectivity index is 1.85. The first-order valence-corrected chi connectivity index (χ1v) is 7.27. The number of amides is 1. The Morgan fingerprint density at radius 2 is 2.09 bits per heavy atom. The summed E-state index contributed by atoms with van der Waals surface area (Å²) in [5.41, 5.74) is 1.74. The van der Waals surface area contributed by atoms with Gasteiger partial charge in [0.1, 0.15) is 11.5 Å². The lowest BCUT2D eigenvalue weighted by Gasteiger charge is -2.07. The number of carbonyl (C=O) groups excluding carboxylic acids is 1. The lowest BCUT2D eigenvalue weighted by atomic mass is 10.1. The Bertz CT molecular complexity index is 608. The Morgan fingerprint density at radius 3 is 2.77 bits per heavy atom. The molecule has 0 spiro atoms. The van der Waals surface area contributed by atoms with Crippen LogP contribution in [0.15, 0.2) is 30.3 Å². The highest BCUT2D eigenvalue weighted by molar-refractivity contribution is 5.93. The van der Waals surface area contributed by atoms with Crippen LogP contribution in [0.5, 0.6) is 0 Å². The molecule has 6 heteroatoms. The van der Waals surface area contributed by atoms with Crippen LogP contribution in [0.25, 0.3) is 11.3 Å². The van der Waals surface area contributed by atoms with Crippen molar-refractivity contribution in [2.45, 2.75) is 26.4 Å². The highest BCUT2D eigenvalue weighted by Gasteiger charge is 2.10. The largest absolute Gasteiger partial charge is 0.379 e. The summed E-state index contributed by atoms with van der Waals surface area (Å²) in [7, 11) is 0. The van der Waals surface area contributed by atoms with E-state index in [1.54, 1.807) is 18.2 Å². The number of nitrogens with one attached hydrogen (secondary N) is 2. The van der Waals surface area contributed by atoms with Crippen LogP contribution in [-0.4, -0.2) is 35.4 Å². The minimum Gasteiger partial charge on any atom is -0.379 e. The molecule has 2 rings (SSSR count). The number of aromatic amines is 1. The summed E-state index contributed by atoms with van der Waals surface area (Å²) in [6, 6.07) is 7.61. The Hall–Kier alpha value is -2.21. The van der Waals surface area contributed by atoms with Crippen LogP contribution in [0.1, 0.15) is 30.8 Å². The van der Waals surface area contributed by atoms with Crippen LogP contribution in [-0.2, 0) is 4.74 Å². The van der Waals surface area contributed by atoms with E-state index >= 15 is 0 Å². The minimum absolute atomic E-state index is 0.196. The molecule has 1 heterocycles. The van der Waals surface area contributed by atoms with Crippen molar-refractivity contribution in [3.63, 3.8) is 0 Å². The number of benzene rings is 1. The molecule has 118 valence electrons. The third kappa shape index (κ3) is 4.66. The second-order valence-electron chi connectivity index (χ2n) is 5.20. The first-order chi connectivity index (χ1) is 10.6. The van der Waals surface area contributed by atoms with Gasteiger partial charge in [-0.2, -0.15) is 5.10 Å². The van der Waals surface area contributed by atoms with Crippen molar-refractivity contribution in [2.24, 2.45) is 0 Å². The van der Waals surface area contributed by atoms with Gasteiger partial charge in [0.05, 0.1) is 11.8 Å². The van der Waals surface area contributed by atoms with E-state index in [4.69, 9.17) is 4.74 Å². The summed E-state index contributed by atoms with van der Waals surface area (Å²) in [4.78, 5) is 12.0. The fraction of sp³-hybridized carbons (Fsp3) is 0.375. The summed E-state index contributed by atoms with van der Waals surface area (Å²) in [5, 5.41) is 9.56. The number of H-pyrrole nitrogens is 1. The maximum Gasteiger partial charge on any atom is 0.269 e. The first kappa shape index (κ1) is 16.2. The van der Waals surface area contributed by atoms with Gasteiger partial charge in [-0.3, -0.25) is 9.89 Å². The average Bonchev–Trinajstić information content (AvgIpc) is 2.97. The summed E-state index contributed by atoms with van der Waals surface area (Å²) >= 11 is 0. The topological polar surface area (TPSA) is 67.0 Å². The van der Waals surface area contributed by atoms with Gasteiger partial charge < -0.3 is 10.1 Å². The van der Waals surface area contributed by atoms with E-state index < -0.39 is 0 Å². The van der Waals surface area contributed by atoms with Crippen LogP contribution in [0.4, 0.5) is 4.39 Å². The third-order valence-corrected chi connectivity index (χ3v) is 3.02. The smallest absolute Gasteiger partial charge is 0.269 e. The number of halogens is 1. The van der Waals surface area contributed by atoms with E-state index in [2.05, 4.69) is 15.5 Å². The van der Waals surface area contributed by atoms with Crippen LogP contribution in [0.3, 0.4) is 0 Å². The molecular weight excluding hydrogens is 285 g/mol. The van der Waals surface area contributed by atoms with Crippen molar-refractivity contribution in [1.82, 2.24) is 15.5 Å². The number of hydrogen-bond donors (Lipinski definition) is 2. The quantitative estimate of drug-likeness (QED) is 0.773. The van der Waals surface area contributed by atoms with Gasteiger partial charge in [-0.25, -0.2) is 4.39 Å². The molecule has 0 unspecified atom stereocenters.